The van der Waals surface area contributed by atoms with Crippen molar-refractivity contribution in [3.05, 3.63) is 23.9 Å². The number of methoxy groups -OCH3 is 1. The third kappa shape index (κ3) is 6.57. The van der Waals surface area contributed by atoms with Crippen LogP contribution in [0.4, 0.5) is 0 Å². The van der Waals surface area contributed by atoms with Crippen LogP contribution in [0.2, 0.25) is 0 Å². The molecule has 1 aliphatic carbocycles. The molecule has 1 amide bonds. The van der Waals surface area contributed by atoms with Crippen molar-refractivity contribution in [3.8, 4) is 11.6 Å². The van der Waals surface area contributed by atoms with Crippen molar-refractivity contribution >= 4 is 29.2 Å². The van der Waals surface area contributed by atoms with Crippen LogP contribution in [-0.4, -0.2) is 64.4 Å². The van der Waals surface area contributed by atoms with E-state index in [1.807, 2.05) is 45.9 Å². The van der Waals surface area contributed by atoms with E-state index in [2.05, 4.69) is 6.92 Å². The van der Waals surface area contributed by atoms with E-state index in [0.29, 0.717) is 35.9 Å². The molecule has 3 aliphatic rings. The molecule has 2 fully saturated rings. The van der Waals surface area contributed by atoms with E-state index in [4.69, 9.17) is 24.2 Å². The lowest BCUT2D eigenvalue weighted by Gasteiger charge is -2.34. The standard InChI is InChI=1S/C35H49N3O6/c1-7-16-35-19-22(35)12-10-9-11-13-27-32(37-28-17-23(42-6)14-15-26(28)36-27)43-30-20-38(29(21-39)24(30)8-2)33(41)25(34(3,4)5)18-31(40)44-35/h14-15,17,21-22,24-25,29-30H,7-13,16,18-20H2,1-6H3/t22-,24+,25-,29-,30+,35-/m1/s1. The van der Waals surface area contributed by atoms with Gasteiger partial charge in [0.1, 0.15) is 29.4 Å². The SMILES string of the molecule is CCC[C@@]12C[C@H]1CCCCCc1nc3ccc(OC)cc3nc1O[C@H]1CN(C(=O)[C@H](C(C)(C)C)CC(=O)O2)[C@H](C=O)[C@@H]1CC. The maximum atomic E-state index is 14.3. The number of nitrogens with zero attached hydrogens (tertiary/aromatic N) is 3. The van der Waals surface area contributed by atoms with E-state index in [0.717, 1.165) is 62.4 Å². The predicted molar refractivity (Wildman–Crippen MR) is 167 cm³/mol. The zero-order valence-electron chi connectivity index (χ0n) is 27.3. The summed E-state index contributed by atoms with van der Waals surface area (Å²) in [4.78, 5) is 51.8. The molecule has 0 unspecified atom stereocenters. The van der Waals surface area contributed by atoms with Crippen molar-refractivity contribution in [3.63, 3.8) is 0 Å². The van der Waals surface area contributed by atoms with Gasteiger partial charge in [-0.3, -0.25) is 9.59 Å². The largest absolute Gasteiger partial charge is 0.497 e. The number of hydrogen-bond donors (Lipinski definition) is 0. The lowest BCUT2D eigenvalue weighted by Crippen LogP contribution is -2.46. The summed E-state index contributed by atoms with van der Waals surface area (Å²) in [7, 11) is 1.62. The smallest absolute Gasteiger partial charge is 0.307 e. The second-order valence-corrected chi connectivity index (χ2v) is 14.1. The van der Waals surface area contributed by atoms with Crippen LogP contribution in [0.15, 0.2) is 18.2 Å². The Morgan fingerprint density at radius 1 is 1.11 bits per heavy atom. The van der Waals surface area contributed by atoms with Crippen molar-refractivity contribution in [2.75, 3.05) is 13.7 Å². The Kier molecular flexibility index (Phi) is 9.52. The van der Waals surface area contributed by atoms with Gasteiger partial charge in [-0.25, -0.2) is 9.97 Å². The van der Waals surface area contributed by atoms with E-state index in [-0.39, 0.29) is 30.8 Å². The van der Waals surface area contributed by atoms with Gasteiger partial charge in [0, 0.05) is 17.9 Å². The Balaban J connectivity index is 1.52. The number of aldehydes is 1. The third-order valence-electron chi connectivity index (χ3n) is 10.1. The average Bonchev–Trinajstić information content (AvgIpc) is 3.52. The highest BCUT2D eigenvalue weighted by Gasteiger charge is 2.57. The summed E-state index contributed by atoms with van der Waals surface area (Å²) < 4.78 is 18.3. The normalized spacial score (nSPS) is 30.0. The fourth-order valence-electron chi connectivity index (χ4n) is 7.41. The Morgan fingerprint density at radius 2 is 1.91 bits per heavy atom. The molecule has 2 aromatic rings. The number of benzene rings is 1. The molecule has 0 N–H and O–H groups in total. The van der Waals surface area contributed by atoms with Gasteiger partial charge in [-0.05, 0) is 56.1 Å². The van der Waals surface area contributed by atoms with Crippen molar-refractivity contribution in [1.82, 2.24) is 14.9 Å². The zero-order valence-corrected chi connectivity index (χ0v) is 27.3. The monoisotopic (exact) mass is 607 g/mol. The Bertz CT molecular complexity index is 1370. The summed E-state index contributed by atoms with van der Waals surface area (Å²) in [6.07, 6.45) is 8.44. The molecule has 1 aromatic heterocycles. The number of aromatic nitrogens is 2. The number of amides is 1. The minimum Gasteiger partial charge on any atom is -0.497 e. The van der Waals surface area contributed by atoms with Crippen LogP contribution >= 0.6 is 0 Å². The molecule has 1 aromatic carbocycles. The molecule has 6 atom stereocenters. The number of hydrogen-bond acceptors (Lipinski definition) is 8. The number of ether oxygens (including phenoxy) is 3. The summed E-state index contributed by atoms with van der Waals surface area (Å²) in [5, 5.41) is 0. The van der Waals surface area contributed by atoms with Crippen molar-refractivity contribution in [1.29, 1.82) is 0 Å². The Labute approximate surface area is 261 Å². The Morgan fingerprint density at radius 3 is 2.59 bits per heavy atom. The van der Waals surface area contributed by atoms with E-state index >= 15 is 0 Å². The third-order valence-corrected chi connectivity index (χ3v) is 10.1. The van der Waals surface area contributed by atoms with Gasteiger partial charge in [0.2, 0.25) is 11.8 Å². The first-order valence-corrected chi connectivity index (χ1v) is 16.5. The van der Waals surface area contributed by atoms with Crippen LogP contribution in [0.25, 0.3) is 11.0 Å². The predicted octanol–water partition coefficient (Wildman–Crippen LogP) is 6.09. The van der Waals surface area contributed by atoms with Crippen molar-refractivity contribution in [2.45, 2.75) is 117 Å². The van der Waals surface area contributed by atoms with E-state index in [1.54, 1.807) is 12.0 Å². The fourth-order valence-corrected chi connectivity index (χ4v) is 7.41. The molecule has 5 rings (SSSR count). The molecule has 2 bridgehead atoms. The molecule has 9 nitrogen and oxygen atoms in total. The quantitative estimate of drug-likeness (QED) is 0.297. The van der Waals surface area contributed by atoms with Crippen molar-refractivity contribution in [2.24, 2.45) is 23.2 Å². The second kappa shape index (κ2) is 13.0. The van der Waals surface area contributed by atoms with Gasteiger partial charge in [0.15, 0.2) is 0 Å². The summed E-state index contributed by atoms with van der Waals surface area (Å²) in [6.45, 7) is 10.3. The highest BCUT2D eigenvalue weighted by Crippen LogP contribution is 2.53. The van der Waals surface area contributed by atoms with Crippen LogP contribution in [0.1, 0.15) is 98.1 Å². The molecule has 240 valence electrons. The van der Waals surface area contributed by atoms with Gasteiger partial charge in [-0.1, -0.05) is 53.9 Å². The summed E-state index contributed by atoms with van der Waals surface area (Å²) in [6, 6.07) is 4.98. The Hall–Kier alpha value is -3.23. The molecule has 2 aliphatic heterocycles. The molecular formula is C35H49N3O6. The number of carbonyl (C=O) groups is 3. The van der Waals surface area contributed by atoms with E-state index in [1.165, 1.54) is 0 Å². The minimum absolute atomic E-state index is 0.00690. The maximum Gasteiger partial charge on any atom is 0.307 e. The molecule has 0 radical (unpaired) electrons. The van der Waals surface area contributed by atoms with Gasteiger partial charge in [-0.15, -0.1) is 0 Å². The van der Waals surface area contributed by atoms with E-state index < -0.39 is 29.1 Å². The molecule has 0 spiro atoms. The summed E-state index contributed by atoms with van der Waals surface area (Å²) >= 11 is 0. The van der Waals surface area contributed by atoms with Crippen LogP contribution in [0.5, 0.6) is 11.6 Å². The van der Waals surface area contributed by atoms with Gasteiger partial charge >= 0.3 is 5.97 Å². The molecular weight excluding hydrogens is 558 g/mol. The lowest BCUT2D eigenvalue weighted by molar-refractivity contribution is -0.159. The van der Waals surface area contributed by atoms with Gasteiger partial charge in [-0.2, -0.15) is 0 Å². The number of carbonyl (C=O) groups excluding carboxylic acids is 3. The van der Waals surface area contributed by atoms with Gasteiger partial charge in [0.05, 0.1) is 43.1 Å². The minimum atomic E-state index is -0.656. The van der Waals surface area contributed by atoms with Gasteiger partial charge in [0.25, 0.3) is 0 Å². The zero-order chi connectivity index (χ0) is 31.6. The number of esters is 1. The first kappa shape index (κ1) is 32.2. The van der Waals surface area contributed by atoms with Crippen LogP contribution in [0, 0.1) is 23.2 Å². The topological polar surface area (TPSA) is 108 Å². The van der Waals surface area contributed by atoms with Gasteiger partial charge < -0.3 is 23.9 Å². The van der Waals surface area contributed by atoms with Crippen LogP contribution in [0.3, 0.4) is 0 Å². The molecule has 44 heavy (non-hydrogen) atoms. The number of fused-ring (bicyclic) bond motifs is 5. The average molecular weight is 608 g/mol. The molecule has 3 heterocycles. The molecule has 9 heteroatoms. The first-order valence-electron chi connectivity index (χ1n) is 16.5. The number of rotatable bonds is 5. The highest BCUT2D eigenvalue weighted by atomic mass is 16.6. The second-order valence-electron chi connectivity index (χ2n) is 14.1. The van der Waals surface area contributed by atoms with E-state index in [9.17, 15) is 14.4 Å². The van der Waals surface area contributed by atoms with Crippen molar-refractivity contribution < 1.29 is 28.6 Å². The highest BCUT2D eigenvalue weighted by molar-refractivity contribution is 5.87. The van der Waals surface area contributed by atoms with Crippen LogP contribution < -0.4 is 9.47 Å². The number of aryl methyl sites for hydroxylation is 1. The maximum absolute atomic E-state index is 14.3. The summed E-state index contributed by atoms with van der Waals surface area (Å²) in [5.41, 5.74) is 1.31. The fraction of sp³-hybridized carbons (Fsp3) is 0.686. The molecule has 1 saturated heterocycles. The molecule has 1 saturated carbocycles. The lowest BCUT2D eigenvalue weighted by atomic mass is 9.77. The van der Waals surface area contributed by atoms with Crippen LogP contribution in [-0.2, 0) is 25.5 Å². The first-order chi connectivity index (χ1) is 21.0. The summed E-state index contributed by atoms with van der Waals surface area (Å²) in [5.74, 6) is 0.117.